The molecule has 3 N–H and O–H groups in total. The topological polar surface area (TPSA) is 72.0 Å². The summed E-state index contributed by atoms with van der Waals surface area (Å²) in [6.07, 6.45) is 1.63. The van der Waals surface area contributed by atoms with Crippen LogP contribution in [0.3, 0.4) is 0 Å². The van der Waals surface area contributed by atoms with Crippen molar-refractivity contribution in [1.29, 1.82) is 5.41 Å². The third kappa shape index (κ3) is 3.40. The lowest BCUT2D eigenvalue weighted by atomic mass is 9.86. The van der Waals surface area contributed by atoms with Crippen molar-refractivity contribution in [3.8, 4) is 11.6 Å². The van der Waals surface area contributed by atoms with E-state index in [-0.39, 0.29) is 11.3 Å². The fourth-order valence-electron chi connectivity index (χ4n) is 2.01. The van der Waals surface area contributed by atoms with Crippen molar-refractivity contribution in [3.05, 3.63) is 53.2 Å². The minimum atomic E-state index is -0.0536. The lowest BCUT2D eigenvalue weighted by Crippen LogP contribution is -2.13. The normalized spacial score (nSPS) is 11.2. The molecule has 1 aromatic heterocycles. The SMILES string of the molecule is Cc1cc(C(C)(C)C)ccc1Oc1ncccc1C(=N)N. The largest absolute Gasteiger partial charge is 0.438 e. The van der Waals surface area contributed by atoms with Crippen LogP contribution in [-0.4, -0.2) is 10.8 Å². The van der Waals surface area contributed by atoms with E-state index in [0.29, 0.717) is 11.4 Å². The van der Waals surface area contributed by atoms with Crippen LogP contribution in [0.25, 0.3) is 0 Å². The Morgan fingerprint density at radius 3 is 2.52 bits per heavy atom. The van der Waals surface area contributed by atoms with E-state index in [1.165, 1.54) is 5.56 Å². The van der Waals surface area contributed by atoms with Crippen LogP contribution in [-0.2, 0) is 5.41 Å². The van der Waals surface area contributed by atoms with E-state index in [4.69, 9.17) is 15.9 Å². The number of hydrogen-bond acceptors (Lipinski definition) is 3. The first-order valence-corrected chi connectivity index (χ1v) is 6.87. The fraction of sp³-hybridized carbons (Fsp3) is 0.294. The number of hydrogen-bond donors (Lipinski definition) is 2. The minimum Gasteiger partial charge on any atom is -0.438 e. The second kappa shape index (κ2) is 5.56. The maximum Gasteiger partial charge on any atom is 0.230 e. The Hall–Kier alpha value is -2.36. The van der Waals surface area contributed by atoms with Gasteiger partial charge in [-0.15, -0.1) is 0 Å². The fourth-order valence-corrected chi connectivity index (χ4v) is 2.01. The second-order valence-corrected chi connectivity index (χ2v) is 6.10. The molecule has 4 heteroatoms. The summed E-state index contributed by atoms with van der Waals surface area (Å²) >= 11 is 0. The zero-order valence-electron chi connectivity index (χ0n) is 12.9. The molecule has 0 saturated carbocycles. The van der Waals surface area contributed by atoms with Crippen LogP contribution in [0, 0.1) is 12.3 Å². The highest BCUT2D eigenvalue weighted by atomic mass is 16.5. The maximum atomic E-state index is 7.57. The van der Waals surface area contributed by atoms with Gasteiger partial charge < -0.3 is 10.5 Å². The molecule has 0 aliphatic carbocycles. The molecular formula is C17H21N3O. The number of aryl methyl sites for hydroxylation is 1. The van der Waals surface area contributed by atoms with Gasteiger partial charge in [0.1, 0.15) is 11.6 Å². The van der Waals surface area contributed by atoms with Crippen LogP contribution in [0.5, 0.6) is 11.6 Å². The minimum absolute atomic E-state index is 0.0536. The molecule has 1 heterocycles. The number of amidine groups is 1. The molecule has 110 valence electrons. The van der Waals surface area contributed by atoms with Gasteiger partial charge in [0.25, 0.3) is 0 Å². The van der Waals surface area contributed by atoms with Gasteiger partial charge in [-0.25, -0.2) is 4.98 Å². The van der Waals surface area contributed by atoms with Gasteiger partial charge >= 0.3 is 0 Å². The molecule has 0 atom stereocenters. The summed E-state index contributed by atoms with van der Waals surface area (Å²) in [7, 11) is 0. The summed E-state index contributed by atoms with van der Waals surface area (Å²) in [5.74, 6) is 1.03. The monoisotopic (exact) mass is 283 g/mol. The van der Waals surface area contributed by atoms with Crippen molar-refractivity contribution in [3.63, 3.8) is 0 Å². The highest BCUT2D eigenvalue weighted by Gasteiger charge is 2.16. The number of aromatic nitrogens is 1. The van der Waals surface area contributed by atoms with Gasteiger partial charge in [-0.1, -0.05) is 32.9 Å². The number of benzene rings is 1. The predicted molar refractivity (Wildman–Crippen MR) is 85.2 cm³/mol. The van der Waals surface area contributed by atoms with Gasteiger partial charge in [0.15, 0.2) is 0 Å². The third-order valence-corrected chi connectivity index (χ3v) is 3.31. The summed E-state index contributed by atoms with van der Waals surface area (Å²) in [6, 6.07) is 9.57. The predicted octanol–water partition coefficient (Wildman–Crippen LogP) is 3.76. The van der Waals surface area contributed by atoms with Gasteiger partial charge in [-0.05, 0) is 41.7 Å². The van der Waals surface area contributed by atoms with E-state index in [2.05, 4.69) is 37.9 Å². The molecule has 0 fully saturated rings. The molecule has 0 aliphatic rings. The van der Waals surface area contributed by atoms with Gasteiger partial charge in [0, 0.05) is 6.20 Å². The average Bonchev–Trinajstić information content (AvgIpc) is 2.40. The first kappa shape index (κ1) is 15.0. The molecule has 21 heavy (non-hydrogen) atoms. The molecule has 0 unspecified atom stereocenters. The molecular weight excluding hydrogens is 262 g/mol. The third-order valence-electron chi connectivity index (χ3n) is 3.31. The Kier molecular flexibility index (Phi) is 3.98. The van der Waals surface area contributed by atoms with Crippen LogP contribution in [0.15, 0.2) is 36.5 Å². The van der Waals surface area contributed by atoms with Gasteiger partial charge in [-0.3, -0.25) is 5.41 Å². The van der Waals surface area contributed by atoms with Crippen molar-refractivity contribution in [1.82, 2.24) is 4.98 Å². The van der Waals surface area contributed by atoms with E-state index in [1.54, 1.807) is 18.3 Å². The number of pyridine rings is 1. The van der Waals surface area contributed by atoms with Gasteiger partial charge in [-0.2, -0.15) is 0 Å². The van der Waals surface area contributed by atoms with Crippen LogP contribution in [0.2, 0.25) is 0 Å². The van der Waals surface area contributed by atoms with E-state index >= 15 is 0 Å². The quantitative estimate of drug-likeness (QED) is 0.665. The molecule has 0 radical (unpaired) electrons. The van der Waals surface area contributed by atoms with Crippen molar-refractivity contribution >= 4 is 5.84 Å². The summed E-state index contributed by atoms with van der Waals surface area (Å²) in [4.78, 5) is 4.16. The Morgan fingerprint density at radius 1 is 1.24 bits per heavy atom. The zero-order valence-corrected chi connectivity index (χ0v) is 12.9. The number of rotatable bonds is 3. The molecule has 0 bridgehead atoms. The Morgan fingerprint density at radius 2 is 1.95 bits per heavy atom. The average molecular weight is 283 g/mol. The smallest absolute Gasteiger partial charge is 0.230 e. The Bertz CT molecular complexity index is 672. The Labute approximate surface area is 125 Å². The highest BCUT2D eigenvalue weighted by Crippen LogP contribution is 2.30. The summed E-state index contributed by atoms with van der Waals surface area (Å²) in [5.41, 5.74) is 8.42. The highest BCUT2D eigenvalue weighted by molar-refractivity contribution is 5.97. The van der Waals surface area contributed by atoms with Gasteiger partial charge in [0.05, 0.1) is 5.56 Å². The van der Waals surface area contributed by atoms with Crippen LogP contribution < -0.4 is 10.5 Å². The number of nitrogens with zero attached hydrogens (tertiary/aromatic N) is 1. The lowest BCUT2D eigenvalue weighted by molar-refractivity contribution is 0.457. The lowest BCUT2D eigenvalue weighted by Gasteiger charge is -2.20. The van der Waals surface area contributed by atoms with E-state index in [0.717, 1.165) is 11.3 Å². The number of nitrogens with one attached hydrogen (secondary N) is 1. The van der Waals surface area contributed by atoms with Crippen molar-refractivity contribution in [2.75, 3.05) is 0 Å². The Balaban J connectivity index is 2.35. The number of ether oxygens (including phenoxy) is 1. The summed E-state index contributed by atoms with van der Waals surface area (Å²) < 4.78 is 5.84. The molecule has 4 nitrogen and oxygen atoms in total. The van der Waals surface area contributed by atoms with E-state index in [9.17, 15) is 0 Å². The molecule has 0 spiro atoms. The van der Waals surface area contributed by atoms with Crippen LogP contribution in [0.4, 0.5) is 0 Å². The maximum absolute atomic E-state index is 7.57. The first-order valence-electron chi connectivity index (χ1n) is 6.87. The summed E-state index contributed by atoms with van der Waals surface area (Å²) in [6.45, 7) is 8.53. The summed E-state index contributed by atoms with van der Waals surface area (Å²) in [5, 5.41) is 7.57. The molecule has 0 amide bonds. The zero-order chi connectivity index (χ0) is 15.6. The van der Waals surface area contributed by atoms with Crippen molar-refractivity contribution in [2.45, 2.75) is 33.1 Å². The molecule has 0 saturated heterocycles. The standard InChI is InChI=1S/C17H21N3O/c1-11-10-12(17(2,3)4)7-8-14(11)21-16-13(15(18)19)6-5-9-20-16/h5-10H,1-4H3,(H3,18,19). The molecule has 0 aliphatic heterocycles. The molecule has 2 aromatic rings. The van der Waals surface area contributed by atoms with Crippen molar-refractivity contribution < 1.29 is 4.74 Å². The number of nitrogen functional groups attached to an aromatic ring is 1. The van der Waals surface area contributed by atoms with Crippen LogP contribution >= 0.6 is 0 Å². The van der Waals surface area contributed by atoms with Crippen molar-refractivity contribution in [2.24, 2.45) is 5.73 Å². The van der Waals surface area contributed by atoms with Gasteiger partial charge in [0.2, 0.25) is 5.88 Å². The molecule has 1 aromatic carbocycles. The molecule has 2 rings (SSSR count). The van der Waals surface area contributed by atoms with E-state index < -0.39 is 0 Å². The van der Waals surface area contributed by atoms with Crippen LogP contribution in [0.1, 0.15) is 37.5 Å². The first-order chi connectivity index (χ1) is 9.79. The number of nitrogens with two attached hydrogens (primary N) is 1. The second-order valence-electron chi connectivity index (χ2n) is 6.10. The van der Waals surface area contributed by atoms with E-state index in [1.807, 2.05) is 13.0 Å².